The molecule has 1 aliphatic rings. The van der Waals surface area contributed by atoms with Gasteiger partial charge in [-0.15, -0.1) is 0 Å². The zero-order valence-corrected chi connectivity index (χ0v) is 16.0. The Bertz CT molecular complexity index is 1150. The third-order valence-corrected chi connectivity index (χ3v) is 6.59. The Labute approximate surface area is 163 Å². The summed E-state index contributed by atoms with van der Waals surface area (Å²) in [4.78, 5) is 0.0984. The lowest BCUT2D eigenvalue weighted by Gasteiger charge is -2.15. The van der Waals surface area contributed by atoms with Gasteiger partial charge in [0.2, 0.25) is 9.84 Å². The summed E-state index contributed by atoms with van der Waals surface area (Å²) in [5.41, 5.74) is 6.39. The van der Waals surface area contributed by atoms with E-state index in [4.69, 9.17) is 15.9 Å². The van der Waals surface area contributed by atoms with Crippen molar-refractivity contribution in [2.75, 3.05) is 18.8 Å². The van der Waals surface area contributed by atoms with Gasteiger partial charge in [-0.2, -0.15) is 0 Å². The van der Waals surface area contributed by atoms with Crippen molar-refractivity contribution in [1.29, 1.82) is 5.41 Å². The number of ether oxygens (including phenoxy) is 1. The molecule has 0 radical (unpaired) electrons. The summed E-state index contributed by atoms with van der Waals surface area (Å²) in [5, 5.41) is 12.5. The van der Waals surface area contributed by atoms with Crippen LogP contribution in [0.3, 0.4) is 0 Å². The van der Waals surface area contributed by atoms with Gasteiger partial charge in [-0.1, -0.05) is 36.4 Å². The number of hydrogen-bond acceptors (Lipinski definition) is 6. The lowest BCUT2D eigenvalue weighted by Crippen LogP contribution is -2.20. The Morgan fingerprint density at radius 1 is 1.11 bits per heavy atom. The molecular weight excluding hydrogens is 374 g/mol. The van der Waals surface area contributed by atoms with E-state index in [0.29, 0.717) is 11.1 Å². The van der Waals surface area contributed by atoms with Crippen LogP contribution < -0.4 is 15.8 Å². The third kappa shape index (κ3) is 3.34. The Morgan fingerprint density at radius 2 is 1.89 bits per heavy atom. The van der Waals surface area contributed by atoms with E-state index >= 15 is 0 Å². The van der Waals surface area contributed by atoms with Gasteiger partial charge in [-0.05, 0) is 42.6 Å². The van der Waals surface area contributed by atoms with Crippen LogP contribution in [0.5, 0.6) is 5.75 Å². The maximum atomic E-state index is 13.2. The molecule has 28 heavy (non-hydrogen) atoms. The molecule has 144 valence electrons. The van der Waals surface area contributed by atoms with Crippen molar-refractivity contribution in [2.45, 2.75) is 17.4 Å². The topological polar surface area (TPSA) is 105 Å². The molecule has 1 unspecified atom stereocenters. The second-order valence-electron chi connectivity index (χ2n) is 6.79. The highest BCUT2D eigenvalue weighted by molar-refractivity contribution is 8.07. The maximum absolute atomic E-state index is 13.2. The first-order valence-electron chi connectivity index (χ1n) is 9.05. The van der Waals surface area contributed by atoms with E-state index in [1.807, 2.05) is 18.2 Å². The minimum atomic E-state index is -4.05. The predicted molar refractivity (Wildman–Crippen MR) is 111 cm³/mol. The summed E-state index contributed by atoms with van der Waals surface area (Å²) < 4.78 is 32.3. The Morgan fingerprint density at radius 3 is 2.68 bits per heavy atom. The predicted octanol–water partition coefficient (Wildman–Crippen LogP) is 2.96. The number of fused-ring (bicyclic) bond motifs is 1. The Hall–Kier alpha value is -2.90. The quantitative estimate of drug-likeness (QED) is 0.358. The number of benzene rings is 3. The molecule has 6 nitrogen and oxygen atoms in total. The number of nitrogens with one attached hydrogen (secondary N) is 2. The maximum Gasteiger partial charge on any atom is 0.224 e. The number of sulfone groups is 1. The van der Waals surface area contributed by atoms with Gasteiger partial charge in [0.25, 0.3) is 0 Å². The van der Waals surface area contributed by atoms with Gasteiger partial charge in [0.1, 0.15) is 11.9 Å². The van der Waals surface area contributed by atoms with Gasteiger partial charge in [0, 0.05) is 23.2 Å². The average Bonchev–Trinajstić information content (AvgIpc) is 3.21. The molecule has 1 atom stereocenters. The molecule has 4 N–H and O–H groups in total. The first kappa shape index (κ1) is 18.5. The molecule has 1 aliphatic heterocycles. The van der Waals surface area contributed by atoms with Crippen LogP contribution in [0.1, 0.15) is 12.0 Å². The summed E-state index contributed by atoms with van der Waals surface area (Å²) >= 11 is 0. The van der Waals surface area contributed by atoms with Crippen LogP contribution in [-0.2, 0) is 9.84 Å². The highest BCUT2D eigenvalue weighted by atomic mass is 32.2. The summed E-state index contributed by atoms with van der Waals surface area (Å²) in [6.07, 6.45) is 0.909. The minimum Gasteiger partial charge on any atom is -0.489 e. The largest absolute Gasteiger partial charge is 0.489 e. The molecule has 1 saturated heterocycles. The molecule has 1 fully saturated rings. The zero-order chi connectivity index (χ0) is 19.7. The fourth-order valence-electron chi connectivity index (χ4n) is 3.41. The van der Waals surface area contributed by atoms with Crippen LogP contribution in [0.2, 0.25) is 0 Å². The third-order valence-electron chi connectivity index (χ3n) is 4.90. The van der Waals surface area contributed by atoms with Gasteiger partial charge >= 0.3 is 0 Å². The van der Waals surface area contributed by atoms with E-state index in [1.165, 1.54) is 6.07 Å². The highest BCUT2D eigenvalue weighted by Crippen LogP contribution is 2.29. The van der Waals surface area contributed by atoms with Crippen LogP contribution in [0, 0.1) is 5.41 Å². The normalized spacial score (nSPS) is 16.9. The number of hydrogen-bond donors (Lipinski definition) is 3. The van der Waals surface area contributed by atoms with Gasteiger partial charge in [0.15, 0.2) is 5.04 Å². The van der Waals surface area contributed by atoms with Gasteiger partial charge in [0.05, 0.1) is 4.90 Å². The lowest BCUT2D eigenvalue weighted by atomic mass is 10.1. The Kier molecular flexibility index (Phi) is 4.78. The minimum absolute atomic E-state index is 0.0281. The number of anilines is 1. The number of nitrogen functional groups attached to an aromatic ring is 1. The van der Waals surface area contributed by atoms with Gasteiger partial charge < -0.3 is 15.8 Å². The molecule has 0 spiro atoms. The van der Waals surface area contributed by atoms with E-state index < -0.39 is 14.9 Å². The molecule has 7 heteroatoms. The van der Waals surface area contributed by atoms with E-state index in [0.717, 1.165) is 24.9 Å². The molecule has 3 aromatic carbocycles. The van der Waals surface area contributed by atoms with E-state index in [1.54, 1.807) is 36.4 Å². The molecule has 0 bridgehead atoms. The van der Waals surface area contributed by atoms with Crippen molar-refractivity contribution in [3.8, 4) is 5.75 Å². The Balaban J connectivity index is 1.73. The highest BCUT2D eigenvalue weighted by Gasteiger charge is 2.27. The monoisotopic (exact) mass is 395 g/mol. The summed E-state index contributed by atoms with van der Waals surface area (Å²) in [7, 11) is -4.05. The summed E-state index contributed by atoms with van der Waals surface area (Å²) in [6, 6.07) is 17.1. The molecule has 0 saturated carbocycles. The second kappa shape index (κ2) is 7.26. The van der Waals surface area contributed by atoms with Crippen molar-refractivity contribution in [1.82, 2.24) is 5.32 Å². The van der Waals surface area contributed by atoms with Crippen LogP contribution in [-0.4, -0.2) is 32.7 Å². The van der Waals surface area contributed by atoms with Crippen LogP contribution in [0.4, 0.5) is 5.69 Å². The number of nitrogens with two attached hydrogens (primary N) is 1. The first-order chi connectivity index (χ1) is 13.5. The molecular formula is C21H21N3O3S. The van der Waals surface area contributed by atoms with Crippen molar-refractivity contribution in [3.63, 3.8) is 0 Å². The van der Waals surface area contributed by atoms with Crippen molar-refractivity contribution in [3.05, 3.63) is 66.2 Å². The van der Waals surface area contributed by atoms with Crippen LogP contribution >= 0.6 is 0 Å². The van der Waals surface area contributed by atoms with Crippen molar-refractivity contribution < 1.29 is 13.2 Å². The summed E-state index contributed by atoms with van der Waals surface area (Å²) in [5.74, 6) is 0.510. The molecule has 1 heterocycles. The SMILES string of the molecule is N=C(c1cc(OC2CCNC2)ccc1N)S(=O)(=O)c1cccc2ccccc12. The zero-order valence-electron chi connectivity index (χ0n) is 15.2. The van der Waals surface area contributed by atoms with E-state index in [9.17, 15) is 8.42 Å². The fourth-order valence-corrected chi connectivity index (χ4v) is 4.83. The van der Waals surface area contributed by atoms with Crippen LogP contribution in [0.15, 0.2) is 65.6 Å². The summed E-state index contributed by atoms with van der Waals surface area (Å²) in [6.45, 7) is 1.63. The molecule has 0 aliphatic carbocycles. The van der Waals surface area contributed by atoms with Crippen molar-refractivity contribution in [2.24, 2.45) is 0 Å². The van der Waals surface area contributed by atoms with Crippen molar-refractivity contribution >= 4 is 31.3 Å². The second-order valence-corrected chi connectivity index (χ2v) is 8.65. The van der Waals surface area contributed by atoms with E-state index in [2.05, 4.69) is 5.32 Å². The van der Waals surface area contributed by atoms with Gasteiger partial charge in [-0.25, -0.2) is 8.42 Å². The fraction of sp³-hybridized carbons (Fsp3) is 0.190. The van der Waals surface area contributed by atoms with E-state index in [-0.39, 0.29) is 22.3 Å². The van der Waals surface area contributed by atoms with Gasteiger partial charge in [-0.3, -0.25) is 5.41 Å². The lowest BCUT2D eigenvalue weighted by molar-refractivity contribution is 0.223. The smallest absolute Gasteiger partial charge is 0.224 e. The van der Waals surface area contributed by atoms with Crippen LogP contribution in [0.25, 0.3) is 10.8 Å². The molecule has 0 aromatic heterocycles. The first-order valence-corrected chi connectivity index (χ1v) is 10.5. The molecule has 0 amide bonds. The molecule has 3 aromatic rings. The molecule has 4 rings (SSSR count). The average molecular weight is 395 g/mol. The number of rotatable bonds is 4. The standard InChI is InChI=1S/C21H21N3O3S/c22-19-9-8-15(27-16-10-11-24-13-16)12-18(19)21(23)28(25,26)20-7-3-5-14-4-1-2-6-17(14)20/h1-9,12,16,23-24H,10-11,13,22H2.